The number of anilines is 1. The molecule has 5 N–H and O–H groups in total. The van der Waals surface area contributed by atoms with Crippen molar-refractivity contribution in [2.24, 2.45) is 10.2 Å². The predicted octanol–water partition coefficient (Wildman–Crippen LogP) is 3.37. The van der Waals surface area contributed by atoms with E-state index in [1.807, 2.05) is 4.68 Å². The van der Waals surface area contributed by atoms with Crippen LogP contribution >= 0.6 is 0 Å². The second-order valence-corrected chi connectivity index (χ2v) is 7.30. The fourth-order valence-corrected chi connectivity index (χ4v) is 3.16. The number of aromatic nitrogens is 4. The summed E-state index contributed by atoms with van der Waals surface area (Å²) in [6.07, 6.45) is 15.2. The molecule has 8 heteroatoms. The van der Waals surface area contributed by atoms with Crippen LogP contribution in [-0.2, 0) is 19.6 Å². The number of hydrogen-bond acceptors (Lipinski definition) is 4. The van der Waals surface area contributed by atoms with Crippen molar-refractivity contribution in [3.63, 3.8) is 0 Å². The van der Waals surface area contributed by atoms with Crippen molar-refractivity contribution in [2.45, 2.75) is 84.8 Å². The molecule has 0 unspecified atom stereocenters. The SMILES string of the molecule is CCCCCCn1ncc(N=Nc2n(CCCCC)cc[n+]2CCC[NH3+])c1N. The van der Waals surface area contributed by atoms with Crippen LogP contribution in [0.25, 0.3) is 0 Å². The van der Waals surface area contributed by atoms with Crippen molar-refractivity contribution in [2.75, 3.05) is 12.3 Å². The van der Waals surface area contributed by atoms with E-state index in [9.17, 15) is 0 Å². The minimum Gasteiger partial charge on any atom is -0.382 e. The van der Waals surface area contributed by atoms with Crippen LogP contribution < -0.4 is 16.0 Å². The fourth-order valence-electron chi connectivity index (χ4n) is 3.16. The average Bonchev–Trinajstić information content (AvgIpc) is 3.25. The van der Waals surface area contributed by atoms with Gasteiger partial charge in [0.15, 0.2) is 11.5 Å². The Hall–Kier alpha value is -2.22. The Bertz CT molecular complexity index is 716. The maximum atomic E-state index is 6.24. The van der Waals surface area contributed by atoms with Crippen LogP contribution in [0.4, 0.5) is 17.5 Å². The number of nitrogens with two attached hydrogens (primary N) is 1. The number of quaternary nitrogens is 1. The van der Waals surface area contributed by atoms with Crippen LogP contribution in [-0.4, -0.2) is 20.9 Å². The van der Waals surface area contributed by atoms with Gasteiger partial charge in [-0.05, 0) is 12.8 Å². The molecule has 2 aromatic heterocycles. The molecule has 0 aliphatic rings. The van der Waals surface area contributed by atoms with Gasteiger partial charge in [0.2, 0.25) is 0 Å². The fraction of sp³-hybridized carbons (Fsp3) is 0.700. The quantitative estimate of drug-likeness (QED) is 0.293. The normalized spacial score (nSPS) is 11.7. The molecule has 2 aromatic rings. The van der Waals surface area contributed by atoms with Gasteiger partial charge in [-0.15, -0.1) is 0 Å². The molecule has 2 rings (SSSR count). The van der Waals surface area contributed by atoms with Crippen molar-refractivity contribution >= 4 is 17.5 Å². The van der Waals surface area contributed by atoms with Gasteiger partial charge in [0.1, 0.15) is 0 Å². The summed E-state index contributed by atoms with van der Waals surface area (Å²) >= 11 is 0. The van der Waals surface area contributed by atoms with E-state index in [1.165, 1.54) is 32.1 Å². The molecule has 0 spiro atoms. The molecule has 0 bridgehead atoms. The van der Waals surface area contributed by atoms with E-state index in [4.69, 9.17) is 5.73 Å². The molecule has 0 radical (unpaired) electrons. The first-order chi connectivity index (χ1) is 13.7. The van der Waals surface area contributed by atoms with E-state index < -0.39 is 0 Å². The van der Waals surface area contributed by atoms with Gasteiger partial charge in [-0.3, -0.25) is 0 Å². The number of nitrogens with zero attached hydrogens (tertiary/aromatic N) is 6. The third kappa shape index (κ3) is 6.44. The molecule has 0 aromatic carbocycles. The molecule has 0 amide bonds. The Kier molecular flexibility index (Phi) is 9.68. The third-order valence-corrected chi connectivity index (χ3v) is 4.92. The lowest BCUT2D eigenvalue weighted by Gasteiger charge is -2.03. The van der Waals surface area contributed by atoms with Gasteiger partial charge < -0.3 is 11.5 Å². The van der Waals surface area contributed by atoms with Crippen molar-refractivity contribution in [3.05, 3.63) is 18.6 Å². The maximum absolute atomic E-state index is 6.24. The van der Waals surface area contributed by atoms with Gasteiger partial charge in [-0.25, -0.2) is 13.8 Å². The van der Waals surface area contributed by atoms with Gasteiger partial charge >= 0.3 is 5.95 Å². The lowest BCUT2D eigenvalue weighted by molar-refractivity contribution is -0.686. The Morgan fingerprint density at radius 2 is 1.79 bits per heavy atom. The lowest BCUT2D eigenvalue weighted by atomic mass is 10.2. The summed E-state index contributed by atoms with van der Waals surface area (Å²) in [5.41, 5.74) is 10.8. The van der Waals surface area contributed by atoms with Crippen LogP contribution in [0.2, 0.25) is 0 Å². The summed E-state index contributed by atoms with van der Waals surface area (Å²) in [6, 6.07) is 0. The van der Waals surface area contributed by atoms with Crippen molar-refractivity contribution < 1.29 is 10.3 Å². The molecule has 0 aliphatic heterocycles. The molecule has 0 saturated carbocycles. The van der Waals surface area contributed by atoms with Crippen LogP contribution in [0, 0.1) is 0 Å². The highest BCUT2D eigenvalue weighted by Gasteiger charge is 2.18. The molecule has 156 valence electrons. The largest absolute Gasteiger partial charge is 0.421 e. The minimum atomic E-state index is 0.591. The molecule has 2 heterocycles. The number of hydrogen-bond donors (Lipinski definition) is 2. The van der Waals surface area contributed by atoms with E-state index in [2.05, 4.69) is 56.4 Å². The smallest absolute Gasteiger partial charge is 0.382 e. The minimum absolute atomic E-state index is 0.591. The Labute approximate surface area is 168 Å². The Morgan fingerprint density at radius 3 is 2.54 bits per heavy atom. The lowest BCUT2D eigenvalue weighted by Crippen LogP contribution is -2.51. The zero-order valence-electron chi connectivity index (χ0n) is 17.7. The average molecular weight is 391 g/mol. The molecule has 0 fully saturated rings. The zero-order valence-corrected chi connectivity index (χ0v) is 17.7. The number of aryl methyl sites for hydroxylation is 3. The Morgan fingerprint density at radius 1 is 1.04 bits per heavy atom. The zero-order chi connectivity index (χ0) is 20.2. The van der Waals surface area contributed by atoms with E-state index in [0.717, 1.165) is 51.4 Å². The van der Waals surface area contributed by atoms with Crippen molar-refractivity contribution in [3.8, 4) is 0 Å². The summed E-state index contributed by atoms with van der Waals surface area (Å²) in [5, 5.41) is 13.4. The van der Waals surface area contributed by atoms with Gasteiger partial charge in [0.25, 0.3) is 0 Å². The van der Waals surface area contributed by atoms with Crippen molar-refractivity contribution in [1.29, 1.82) is 0 Å². The number of rotatable bonds is 14. The second kappa shape index (κ2) is 12.3. The molecule has 8 nitrogen and oxygen atoms in total. The molecule has 0 aliphatic carbocycles. The van der Waals surface area contributed by atoms with Gasteiger partial charge in [0, 0.05) is 18.1 Å². The molecular formula is C20H38N8+2. The first kappa shape index (κ1) is 22.1. The summed E-state index contributed by atoms with van der Waals surface area (Å²) in [7, 11) is 0. The van der Waals surface area contributed by atoms with E-state index >= 15 is 0 Å². The standard InChI is InChI=1S/C20H36N8/c1-3-5-7-9-14-28-19(22)18(17-23-28)24-25-20-26(12-8-6-4-2)15-16-27(20)13-10-11-21/h15-17,22H,3-14,21H2,1-2H3/p+2. The topological polar surface area (TPSA) is 105 Å². The number of nitrogen functional groups attached to an aromatic ring is 1. The second-order valence-electron chi connectivity index (χ2n) is 7.30. The summed E-state index contributed by atoms with van der Waals surface area (Å²) < 4.78 is 6.15. The van der Waals surface area contributed by atoms with E-state index in [0.29, 0.717) is 11.5 Å². The van der Waals surface area contributed by atoms with Gasteiger partial charge in [-0.2, -0.15) is 5.10 Å². The first-order valence-corrected chi connectivity index (χ1v) is 10.8. The summed E-state index contributed by atoms with van der Waals surface area (Å²) in [6.45, 7) is 8.01. The monoisotopic (exact) mass is 390 g/mol. The third-order valence-electron chi connectivity index (χ3n) is 4.92. The molecule has 0 saturated heterocycles. The summed E-state index contributed by atoms with van der Waals surface area (Å²) in [5.74, 6) is 1.45. The van der Waals surface area contributed by atoms with Crippen LogP contribution in [0.1, 0.15) is 65.2 Å². The highest BCUT2D eigenvalue weighted by atomic mass is 15.3. The summed E-state index contributed by atoms with van der Waals surface area (Å²) in [4.78, 5) is 0. The maximum Gasteiger partial charge on any atom is 0.421 e. The number of unbranched alkanes of at least 4 members (excludes halogenated alkanes) is 5. The van der Waals surface area contributed by atoms with Crippen molar-refractivity contribution in [1.82, 2.24) is 14.3 Å². The molecule has 0 atom stereocenters. The van der Waals surface area contributed by atoms with E-state index in [1.54, 1.807) is 6.20 Å². The number of imidazole rings is 1. The highest BCUT2D eigenvalue weighted by Crippen LogP contribution is 2.24. The Balaban J connectivity index is 2.10. The first-order valence-electron chi connectivity index (χ1n) is 10.8. The van der Waals surface area contributed by atoms with Gasteiger partial charge in [0.05, 0.1) is 38.2 Å². The molecular weight excluding hydrogens is 352 g/mol. The van der Waals surface area contributed by atoms with Crippen LogP contribution in [0.5, 0.6) is 0 Å². The van der Waals surface area contributed by atoms with Gasteiger partial charge in [-0.1, -0.05) is 51.1 Å². The predicted molar refractivity (Wildman–Crippen MR) is 111 cm³/mol. The van der Waals surface area contributed by atoms with Crippen LogP contribution in [0.3, 0.4) is 0 Å². The van der Waals surface area contributed by atoms with Crippen LogP contribution in [0.15, 0.2) is 28.8 Å². The molecule has 28 heavy (non-hydrogen) atoms. The number of azo groups is 1. The highest BCUT2D eigenvalue weighted by molar-refractivity contribution is 5.56. The van der Waals surface area contributed by atoms with E-state index in [-0.39, 0.29) is 0 Å².